The predicted molar refractivity (Wildman–Crippen MR) is 132 cm³/mol. The van der Waals surface area contributed by atoms with Crippen LogP contribution in [0.2, 0.25) is 0 Å². The summed E-state index contributed by atoms with van der Waals surface area (Å²) in [4.78, 5) is 0. The van der Waals surface area contributed by atoms with Crippen LogP contribution in [0.5, 0.6) is 0 Å². The molecule has 0 aromatic heterocycles. The van der Waals surface area contributed by atoms with Gasteiger partial charge in [0.1, 0.15) is 0 Å². The normalized spacial score (nSPS) is 49.3. The van der Waals surface area contributed by atoms with Gasteiger partial charge in [0, 0.05) is 6.61 Å². The molecule has 0 amide bonds. The van der Waals surface area contributed by atoms with E-state index in [0.29, 0.717) is 41.4 Å². The summed E-state index contributed by atoms with van der Waals surface area (Å²) in [6.45, 7) is 12.1. The molecule has 0 aliphatic heterocycles. The van der Waals surface area contributed by atoms with E-state index < -0.39 is 0 Å². The molecule has 192 valence electrons. The Bertz CT molecular complexity index is 666. The largest absolute Gasteiger partial charge is 0.396 e. The van der Waals surface area contributed by atoms with Gasteiger partial charge in [-0.15, -0.1) is 0 Å². The van der Waals surface area contributed by atoms with Crippen LogP contribution in [0.3, 0.4) is 0 Å². The van der Waals surface area contributed by atoms with Crippen LogP contribution in [0.4, 0.5) is 0 Å². The summed E-state index contributed by atoms with van der Waals surface area (Å²) in [7, 11) is 0. The molecule has 4 nitrogen and oxygen atoms in total. The van der Waals surface area contributed by atoms with E-state index in [9.17, 15) is 20.4 Å². The first kappa shape index (κ1) is 25.9. The highest BCUT2D eigenvalue weighted by Crippen LogP contribution is 2.68. The lowest BCUT2D eigenvalue weighted by Crippen LogP contribution is -2.59. The number of fused-ring (bicyclic) bond motifs is 5. The average molecular weight is 465 g/mol. The van der Waals surface area contributed by atoms with Gasteiger partial charge < -0.3 is 20.4 Å². The lowest BCUT2D eigenvalue weighted by Gasteiger charge is -2.62. The molecule has 33 heavy (non-hydrogen) atoms. The highest BCUT2D eigenvalue weighted by Gasteiger charge is 2.64. The van der Waals surface area contributed by atoms with E-state index in [1.54, 1.807) is 0 Å². The fourth-order valence-corrected chi connectivity index (χ4v) is 9.93. The summed E-state index contributed by atoms with van der Waals surface area (Å²) >= 11 is 0. The number of aliphatic hydroxyl groups is 4. The van der Waals surface area contributed by atoms with Gasteiger partial charge in [-0.3, -0.25) is 0 Å². The first-order chi connectivity index (χ1) is 15.5. The van der Waals surface area contributed by atoms with Gasteiger partial charge in [0.25, 0.3) is 0 Å². The topological polar surface area (TPSA) is 80.9 Å². The van der Waals surface area contributed by atoms with Crippen molar-refractivity contribution in [3.05, 3.63) is 0 Å². The Morgan fingerprint density at radius 3 is 2.15 bits per heavy atom. The molecule has 0 bridgehead atoms. The highest BCUT2D eigenvalue weighted by molar-refractivity contribution is 5.13. The van der Waals surface area contributed by atoms with Crippen molar-refractivity contribution in [2.24, 2.45) is 58.2 Å². The predicted octanol–water partition coefficient (Wildman–Crippen LogP) is 5.02. The number of aliphatic hydroxyl groups excluding tert-OH is 4. The van der Waals surface area contributed by atoms with Crippen LogP contribution >= 0.6 is 0 Å². The summed E-state index contributed by atoms with van der Waals surface area (Å²) in [5.74, 6) is 3.76. The van der Waals surface area contributed by atoms with Gasteiger partial charge in [-0.05, 0) is 116 Å². The maximum atomic E-state index is 11.5. The monoisotopic (exact) mass is 464 g/mol. The first-order valence-corrected chi connectivity index (χ1v) is 14.2. The number of hydrogen-bond acceptors (Lipinski definition) is 4. The molecule has 0 heterocycles. The van der Waals surface area contributed by atoms with E-state index >= 15 is 0 Å². The van der Waals surface area contributed by atoms with Crippen molar-refractivity contribution in [2.75, 3.05) is 6.61 Å². The number of rotatable bonds is 7. The minimum absolute atomic E-state index is 0.0983. The Kier molecular flexibility index (Phi) is 7.63. The molecule has 0 radical (unpaired) electrons. The Morgan fingerprint density at radius 1 is 0.788 bits per heavy atom. The molecule has 0 aromatic carbocycles. The molecule has 0 spiro atoms. The van der Waals surface area contributed by atoms with E-state index in [2.05, 4.69) is 34.6 Å². The quantitative estimate of drug-likeness (QED) is 0.426. The van der Waals surface area contributed by atoms with Crippen molar-refractivity contribution in [3.63, 3.8) is 0 Å². The van der Waals surface area contributed by atoms with Gasteiger partial charge in [-0.25, -0.2) is 0 Å². The zero-order chi connectivity index (χ0) is 24.1. The maximum Gasteiger partial charge on any atom is 0.0579 e. The van der Waals surface area contributed by atoms with Crippen LogP contribution in [0.25, 0.3) is 0 Å². The van der Waals surface area contributed by atoms with Gasteiger partial charge >= 0.3 is 0 Å². The van der Waals surface area contributed by atoms with Gasteiger partial charge in [-0.2, -0.15) is 0 Å². The van der Waals surface area contributed by atoms with Crippen LogP contribution in [0, 0.1) is 58.2 Å². The van der Waals surface area contributed by atoms with Crippen molar-refractivity contribution in [2.45, 2.75) is 117 Å². The highest BCUT2D eigenvalue weighted by atomic mass is 16.3. The third-order valence-electron chi connectivity index (χ3n) is 11.8. The summed E-state index contributed by atoms with van der Waals surface area (Å²) in [5.41, 5.74) is 0.252. The van der Waals surface area contributed by atoms with E-state index in [0.717, 1.165) is 38.5 Å². The van der Waals surface area contributed by atoms with Crippen molar-refractivity contribution >= 4 is 0 Å². The van der Waals surface area contributed by atoms with E-state index in [-0.39, 0.29) is 41.7 Å². The lowest BCUT2D eigenvalue weighted by atomic mass is 9.43. The minimum Gasteiger partial charge on any atom is -0.396 e. The van der Waals surface area contributed by atoms with Crippen molar-refractivity contribution in [1.82, 2.24) is 0 Å². The summed E-state index contributed by atoms with van der Waals surface area (Å²) in [6.07, 6.45) is 9.12. The zero-order valence-electron chi connectivity index (χ0n) is 21.9. The van der Waals surface area contributed by atoms with Gasteiger partial charge in [0.2, 0.25) is 0 Å². The molecule has 4 saturated carbocycles. The molecular formula is C29H52O4. The molecule has 8 unspecified atom stereocenters. The van der Waals surface area contributed by atoms with Crippen LogP contribution in [-0.2, 0) is 0 Å². The fourth-order valence-electron chi connectivity index (χ4n) is 9.93. The second-order valence-electron chi connectivity index (χ2n) is 13.7. The van der Waals surface area contributed by atoms with Gasteiger partial charge in [0.15, 0.2) is 0 Å². The van der Waals surface area contributed by atoms with Crippen molar-refractivity contribution < 1.29 is 20.4 Å². The van der Waals surface area contributed by atoms with E-state index in [1.165, 1.54) is 25.7 Å². The van der Waals surface area contributed by atoms with E-state index in [1.807, 2.05) is 0 Å². The third-order valence-corrected chi connectivity index (χ3v) is 11.8. The molecule has 4 aliphatic rings. The number of hydrogen-bond donors (Lipinski definition) is 4. The molecule has 4 aliphatic carbocycles. The lowest BCUT2D eigenvalue weighted by molar-refractivity contribution is -0.181. The summed E-state index contributed by atoms with van der Waals surface area (Å²) < 4.78 is 0. The summed E-state index contributed by atoms with van der Waals surface area (Å²) in [6, 6.07) is 0. The van der Waals surface area contributed by atoms with Gasteiger partial charge in [-0.1, -0.05) is 41.0 Å². The molecule has 4 fully saturated rings. The Balaban J connectivity index is 1.51. The molecule has 4 N–H and O–H groups in total. The van der Waals surface area contributed by atoms with E-state index in [4.69, 9.17) is 0 Å². The van der Waals surface area contributed by atoms with Gasteiger partial charge in [0.05, 0.1) is 18.3 Å². The standard InChI is InChI=1S/C29H52O4/c1-17(2)19(10-13-30)7-6-18(3)23-16-26(33)27-21-15-25(32)24-14-20(31)8-11-28(24,4)22(21)9-12-29(23,27)5/h17-27,30-33H,6-16H2,1-5H3/t18?,19?,20-,21?,22?,23?,24?,25+,26?,27?,28+,29+/m0/s1. The van der Waals surface area contributed by atoms with Crippen molar-refractivity contribution in [1.29, 1.82) is 0 Å². The van der Waals surface area contributed by atoms with Crippen LogP contribution < -0.4 is 0 Å². The SMILES string of the molecule is CC(C)C(CCO)CCC(C)C1CC(O)C2C3C[C@@H](O)C4C[C@@H](O)CC[C@]4(C)C3CC[C@]12C. The molecule has 0 saturated heterocycles. The second kappa shape index (κ2) is 9.71. The second-order valence-corrected chi connectivity index (χ2v) is 13.7. The third kappa shape index (κ3) is 4.45. The molecule has 0 aromatic rings. The van der Waals surface area contributed by atoms with Crippen molar-refractivity contribution in [3.8, 4) is 0 Å². The smallest absolute Gasteiger partial charge is 0.0579 e. The molecule has 12 atom stereocenters. The Labute approximate surface area is 202 Å². The Morgan fingerprint density at radius 2 is 1.48 bits per heavy atom. The molecular weight excluding hydrogens is 412 g/mol. The molecule has 4 rings (SSSR count). The van der Waals surface area contributed by atoms with Crippen LogP contribution in [-0.4, -0.2) is 45.3 Å². The average Bonchev–Trinajstić information content (AvgIpc) is 3.03. The minimum atomic E-state index is -0.345. The fraction of sp³-hybridized carbons (Fsp3) is 1.00. The first-order valence-electron chi connectivity index (χ1n) is 14.2. The Hall–Kier alpha value is -0.160. The summed E-state index contributed by atoms with van der Waals surface area (Å²) in [5, 5.41) is 42.4. The van der Waals surface area contributed by atoms with Crippen LogP contribution in [0.15, 0.2) is 0 Å². The zero-order valence-corrected chi connectivity index (χ0v) is 21.9. The molecule has 4 heteroatoms. The van der Waals surface area contributed by atoms with Crippen LogP contribution in [0.1, 0.15) is 98.8 Å². The maximum absolute atomic E-state index is 11.5.